The molecule has 2 atom stereocenters. The van der Waals surface area contributed by atoms with Gasteiger partial charge in [-0.25, -0.2) is 0 Å². The number of Topliss-reactive ketones (excluding diaryl/α,β-unsaturated/α-hetero) is 1. The van der Waals surface area contributed by atoms with Crippen molar-refractivity contribution in [1.29, 1.82) is 0 Å². The van der Waals surface area contributed by atoms with Crippen LogP contribution in [0.15, 0.2) is 11.6 Å². The fourth-order valence-corrected chi connectivity index (χ4v) is 2.67. The summed E-state index contributed by atoms with van der Waals surface area (Å²) in [7, 11) is 0. The highest BCUT2D eigenvalue weighted by Gasteiger charge is 2.43. The monoisotopic (exact) mass is 192 g/mol. The molecule has 0 aliphatic heterocycles. The van der Waals surface area contributed by atoms with E-state index in [0.29, 0.717) is 12.2 Å². The number of rotatable bonds is 0. The lowest BCUT2D eigenvalue weighted by molar-refractivity contribution is -0.130. The Labute approximate surface area is 84.4 Å². The van der Waals surface area contributed by atoms with E-state index in [0.717, 1.165) is 24.8 Å². The predicted octanol–water partition coefficient (Wildman–Crippen LogP) is 2.28. The van der Waals surface area contributed by atoms with E-state index < -0.39 is 0 Å². The lowest BCUT2D eigenvalue weighted by atomic mass is 9.63. The van der Waals surface area contributed by atoms with E-state index in [-0.39, 0.29) is 17.1 Å². The molecule has 0 unspecified atom stereocenters. The molecule has 2 aliphatic carbocycles. The maximum absolute atomic E-state index is 11.9. The SMILES string of the molecule is C[C@@H]1C[C@]2(C)C(=O)CCCC2=CC1=O. The standard InChI is InChI=1S/C12H16O2/c1-8-7-12(2)9(6-10(8)13)4-3-5-11(12)14/h6,8H,3-5,7H2,1-2H3/t8-,12+/m1/s1. The molecule has 0 aromatic rings. The van der Waals surface area contributed by atoms with Gasteiger partial charge >= 0.3 is 0 Å². The third-order valence-corrected chi connectivity index (χ3v) is 3.69. The van der Waals surface area contributed by atoms with E-state index in [1.807, 2.05) is 13.8 Å². The Morgan fingerprint density at radius 1 is 1.36 bits per heavy atom. The van der Waals surface area contributed by atoms with Crippen LogP contribution in [-0.2, 0) is 9.59 Å². The number of ketones is 2. The van der Waals surface area contributed by atoms with Crippen LogP contribution in [0.2, 0.25) is 0 Å². The van der Waals surface area contributed by atoms with Crippen molar-refractivity contribution in [3.05, 3.63) is 11.6 Å². The Hall–Kier alpha value is -0.920. The van der Waals surface area contributed by atoms with Crippen molar-refractivity contribution in [2.24, 2.45) is 11.3 Å². The lowest BCUT2D eigenvalue weighted by Crippen LogP contribution is -2.39. The Kier molecular flexibility index (Phi) is 2.09. The highest BCUT2D eigenvalue weighted by molar-refractivity contribution is 5.98. The zero-order valence-electron chi connectivity index (χ0n) is 8.80. The minimum atomic E-state index is -0.314. The Morgan fingerprint density at radius 2 is 2.07 bits per heavy atom. The van der Waals surface area contributed by atoms with E-state index in [1.54, 1.807) is 6.08 Å². The molecule has 2 aliphatic rings. The Morgan fingerprint density at radius 3 is 2.79 bits per heavy atom. The van der Waals surface area contributed by atoms with Crippen molar-refractivity contribution in [1.82, 2.24) is 0 Å². The highest BCUT2D eigenvalue weighted by Crippen LogP contribution is 2.45. The molecular weight excluding hydrogens is 176 g/mol. The molecule has 0 spiro atoms. The first-order chi connectivity index (χ1) is 6.54. The Bertz CT molecular complexity index is 327. The van der Waals surface area contributed by atoms with Crippen molar-refractivity contribution in [2.45, 2.75) is 39.5 Å². The maximum atomic E-state index is 11.9. The first-order valence-corrected chi connectivity index (χ1v) is 5.32. The van der Waals surface area contributed by atoms with E-state index in [4.69, 9.17) is 0 Å². The largest absolute Gasteiger partial charge is 0.299 e. The van der Waals surface area contributed by atoms with Gasteiger partial charge in [-0.2, -0.15) is 0 Å². The zero-order valence-corrected chi connectivity index (χ0v) is 8.80. The van der Waals surface area contributed by atoms with Gasteiger partial charge in [0.25, 0.3) is 0 Å². The number of hydrogen-bond acceptors (Lipinski definition) is 2. The van der Waals surface area contributed by atoms with Gasteiger partial charge in [-0.3, -0.25) is 9.59 Å². The van der Waals surface area contributed by atoms with Crippen molar-refractivity contribution in [2.75, 3.05) is 0 Å². The molecule has 2 nitrogen and oxygen atoms in total. The van der Waals surface area contributed by atoms with Gasteiger partial charge in [-0.15, -0.1) is 0 Å². The van der Waals surface area contributed by atoms with E-state index in [2.05, 4.69) is 0 Å². The molecule has 76 valence electrons. The second-order valence-corrected chi connectivity index (χ2v) is 4.79. The summed E-state index contributed by atoms with van der Waals surface area (Å²) >= 11 is 0. The Balaban J connectivity index is 2.42. The van der Waals surface area contributed by atoms with Crippen LogP contribution in [0, 0.1) is 11.3 Å². The van der Waals surface area contributed by atoms with Crippen molar-refractivity contribution in [3.8, 4) is 0 Å². The molecule has 2 heteroatoms. The highest BCUT2D eigenvalue weighted by atomic mass is 16.1. The molecule has 0 N–H and O–H groups in total. The van der Waals surface area contributed by atoms with Crippen LogP contribution in [0.5, 0.6) is 0 Å². The fraction of sp³-hybridized carbons (Fsp3) is 0.667. The average molecular weight is 192 g/mol. The minimum Gasteiger partial charge on any atom is -0.299 e. The van der Waals surface area contributed by atoms with E-state index >= 15 is 0 Å². The first kappa shape index (κ1) is 9.63. The fourth-order valence-electron chi connectivity index (χ4n) is 2.67. The van der Waals surface area contributed by atoms with Crippen LogP contribution < -0.4 is 0 Å². The van der Waals surface area contributed by atoms with Crippen molar-refractivity contribution in [3.63, 3.8) is 0 Å². The third kappa shape index (κ3) is 1.24. The molecule has 0 radical (unpaired) electrons. The molecule has 1 saturated carbocycles. The van der Waals surface area contributed by atoms with Crippen LogP contribution in [0.3, 0.4) is 0 Å². The van der Waals surface area contributed by atoms with Crippen LogP contribution in [0.25, 0.3) is 0 Å². The molecule has 0 aromatic carbocycles. The molecule has 0 aromatic heterocycles. The number of fused-ring (bicyclic) bond motifs is 1. The normalized spacial score (nSPS) is 37.9. The number of hydrogen-bond donors (Lipinski definition) is 0. The van der Waals surface area contributed by atoms with Crippen molar-refractivity contribution >= 4 is 11.6 Å². The molecule has 1 fully saturated rings. The summed E-state index contributed by atoms with van der Waals surface area (Å²) in [5.41, 5.74) is 0.767. The van der Waals surface area contributed by atoms with Gasteiger partial charge in [0, 0.05) is 17.8 Å². The smallest absolute Gasteiger partial charge is 0.158 e. The maximum Gasteiger partial charge on any atom is 0.158 e. The minimum absolute atomic E-state index is 0.0193. The van der Waals surface area contributed by atoms with Gasteiger partial charge in [0.15, 0.2) is 5.78 Å². The summed E-state index contributed by atoms with van der Waals surface area (Å²) < 4.78 is 0. The van der Waals surface area contributed by atoms with Gasteiger partial charge < -0.3 is 0 Å². The molecule has 0 amide bonds. The molecule has 0 bridgehead atoms. The van der Waals surface area contributed by atoms with Crippen LogP contribution in [0.4, 0.5) is 0 Å². The van der Waals surface area contributed by atoms with Gasteiger partial charge in [0.1, 0.15) is 5.78 Å². The summed E-state index contributed by atoms with van der Waals surface area (Å²) in [6.07, 6.45) is 4.99. The molecule has 0 heterocycles. The van der Waals surface area contributed by atoms with Gasteiger partial charge in [-0.05, 0) is 32.3 Å². The second-order valence-electron chi connectivity index (χ2n) is 4.79. The van der Waals surface area contributed by atoms with E-state index in [1.165, 1.54) is 0 Å². The molecular formula is C12H16O2. The lowest BCUT2D eigenvalue weighted by Gasteiger charge is -2.39. The topological polar surface area (TPSA) is 34.1 Å². The average Bonchev–Trinajstić information content (AvgIpc) is 2.11. The summed E-state index contributed by atoms with van der Waals surface area (Å²) in [5.74, 6) is 0.548. The quantitative estimate of drug-likeness (QED) is 0.590. The molecule has 14 heavy (non-hydrogen) atoms. The predicted molar refractivity (Wildman–Crippen MR) is 53.8 cm³/mol. The third-order valence-electron chi connectivity index (χ3n) is 3.69. The zero-order chi connectivity index (χ0) is 10.3. The van der Waals surface area contributed by atoms with Crippen LogP contribution in [0.1, 0.15) is 39.5 Å². The summed E-state index contributed by atoms with van der Waals surface area (Å²) in [6.45, 7) is 3.92. The van der Waals surface area contributed by atoms with Crippen molar-refractivity contribution < 1.29 is 9.59 Å². The second kappa shape index (κ2) is 3.04. The summed E-state index contributed by atoms with van der Waals surface area (Å²) in [5, 5.41) is 0. The molecule has 0 saturated heterocycles. The number of carbonyl (C=O) groups excluding carboxylic acids is 2. The summed E-state index contributed by atoms with van der Waals surface area (Å²) in [4.78, 5) is 23.4. The first-order valence-electron chi connectivity index (χ1n) is 5.32. The van der Waals surface area contributed by atoms with Crippen LogP contribution in [-0.4, -0.2) is 11.6 Å². The van der Waals surface area contributed by atoms with E-state index in [9.17, 15) is 9.59 Å². The van der Waals surface area contributed by atoms with Gasteiger partial charge in [-0.1, -0.05) is 12.5 Å². The summed E-state index contributed by atoms with van der Waals surface area (Å²) in [6, 6.07) is 0. The van der Waals surface area contributed by atoms with Crippen LogP contribution >= 0.6 is 0 Å². The number of allylic oxidation sites excluding steroid dienone is 2. The van der Waals surface area contributed by atoms with Gasteiger partial charge in [0.2, 0.25) is 0 Å². The van der Waals surface area contributed by atoms with Gasteiger partial charge in [0.05, 0.1) is 0 Å². The number of carbonyl (C=O) groups is 2. The molecule has 2 rings (SSSR count).